The molecule has 1 rings (SSSR count). The molecule has 19 heavy (non-hydrogen) atoms. The van der Waals surface area contributed by atoms with Gasteiger partial charge in [-0.25, -0.2) is 4.98 Å². The molecule has 0 radical (unpaired) electrons. The summed E-state index contributed by atoms with van der Waals surface area (Å²) in [5.74, 6) is 1.37. The number of rotatable bonds is 8. The highest BCUT2D eigenvalue weighted by Gasteiger charge is 2.14. The molecule has 0 aromatic carbocycles. The van der Waals surface area contributed by atoms with E-state index in [0.29, 0.717) is 34.6 Å². The zero-order chi connectivity index (χ0) is 14.3. The van der Waals surface area contributed by atoms with Crippen molar-refractivity contribution in [3.8, 4) is 0 Å². The highest BCUT2D eigenvalue weighted by Crippen LogP contribution is 2.31. The predicted molar refractivity (Wildman–Crippen MR) is 82.6 cm³/mol. The van der Waals surface area contributed by atoms with Gasteiger partial charge < -0.3 is 15.3 Å². The summed E-state index contributed by atoms with van der Waals surface area (Å²) < 4.78 is 0. The number of pyridine rings is 1. The molecule has 6 heteroatoms. The maximum atomic E-state index is 8.93. The summed E-state index contributed by atoms with van der Waals surface area (Å²) in [5, 5.41) is 13.2. The number of nitrogens with zero attached hydrogens (tertiary/aromatic N) is 2. The van der Waals surface area contributed by atoms with Crippen LogP contribution in [0.4, 0.5) is 11.6 Å². The van der Waals surface area contributed by atoms with Crippen molar-refractivity contribution in [1.82, 2.24) is 4.98 Å². The van der Waals surface area contributed by atoms with E-state index in [2.05, 4.69) is 17.2 Å². The third kappa shape index (κ3) is 4.71. The first-order chi connectivity index (χ1) is 9.13. The molecule has 0 saturated heterocycles. The van der Waals surface area contributed by atoms with E-state index in [9.17, 15) is 0 Å². The standard InChI is InChI=1S/C13H21Cl2N3O/c1-3-6-16-12-10(14)9-11(15)13(17-12)18(4-2)7-5-8-19/h9,19H,3-8H2,1-2H3,(H,16,17). The molecule has 0 aliphatic heterocycles. The minimum absolute atomic E-state index is 0.155. The van der Waals surface area contributed by atoms with Crippen LogP contribution in [0.2, 0.25) is 10.0 Å². The molecule has 0 amide bonds. The predicted octanol–water partition coefficient (Wildman–Crippen LogP) is 3.42. The van der Waals surface area contributed by atoms with E-state index in [0.717, 1.165) is 19.5 Å². The first-order valence-corrected chi connectivity index (χ1v) is 7.35. The van der Waals surface area contributed by atoms with Crippen molar-refractivity contribution in [3.05, 3.63) is 16.1 Å². The summed E-state index contributed by atoms with van der Waals surface area (Å²) in [6, 6.07) is 1.71. The lowest BCUT2D eigenvalue weighted by Crippen LogP contribution is -2.26. The van der Waals surface area contributed by atoms with Crippen LogP contribution in [-0.4, -0.2) is 36.3 Å². The number of hydrogen-bond acceptors (Lipinski definition) is 4. The normalized spacial score (nSPS) is 10.6. The van der Waals surface area contributed by atoms with Gasteiger partial charge in [0, 0.05) is 26.2 Å². The number of anilines is 2. The number of aliphatic hydroxyl groups excluding tert-OH is 1. The third-order valence-corrected chi connectivity index (χ3v) is 3.29. The highest BCUT2D eigenvalue weighted by atomic mass is 35.5. The summed E-state index contributed by atoms with van der Waals surface area (Å²) in [6.45, 7) is 6.58. The van der Waals surface area contributed by atoms with Gasteiger partial charge in [0.15, 0.2) is 0 Å². The van der Waals surface area contributed by atoms with Gasteiger partial charge in [-0.15, -0.1) is 0 Å². The van der Waals surface area contributed by atoms with Gasteiger partial charge in [0.25, 0.3) is 0 Å². The number of halogens is 2. The van der Waals surface area contributed by atoms with Crippen LogP contribution in [0.15, 0.2) is 6.07 Å². The largest absolute Gasteiger partial charge is 0.396 e. The molecule has 4 nitrogen and oxygen atoms in total. The molecular weight excluding hydrogens is 285 g/mol. The van der Waals surface area contributed by atoms with Crippen molar-refractivity contribution >= 4 is 34.8 Å². The monoisotopic (exact) mass is 305 g/mol. The lowest BCUT2D eigenvalue weighted by atomic mass is 10.3. The van der Waals surface area contributed by atoms with Gasteiger partial charge in [-0.1, -0.05) is 30.1 Å². The molecule has 1 aromatic heterocycles. The summed E-state index contributed by atoms with van der Waals surface area (Å²) in [6.07, 6.45) is 1.68. The number of aliphatic hydroxyl groups is 1. The number of hydrogen-bond donors (Lipinski definition) is 2. The number of nitrogens with one attached hydrogen (secondary N) is 1. The van der Waals surface area contributed by atoms with Gasteiger partial charge in [0.2, 0.25) is 0 Å². The molecule has 0 fully saturated rings. The first kappa shape index (κ1) is 16.3. The van der Waals surface area contributed by atoms with Crippen LogP contribution in [0.25, 0.3) is 0 Å². The molecule has 0 atom stereocenters. The Morgan fingerprint density at radius 3 is 2.63 bits per heavy atom. The fourth-order valence-corrected chi connectivity index (χ4v) is 2.27. The molecule has 1 heterocycles. The minimum atomic E-state index is 0.155. The van der Waals surface area contributed by atoms with E-state index in [1.165, 1.54) is 0 Å². The molecule has 2 N–H and O–H groups in total. The van der Waals surface area contributed by atoms with Crippen LogP contribution < -0.4 is 10.2 Å². The van der Waals surface area contributed by atoms with Crippen LogP contribution in [0.3, 0.4) is 0 Å². The Labute approximate surface area is 124 Å². The van der Waals surface area contributed by atoms with Gasteiger partial charge in [0.1, 0.15) is 11.6 Å². The maximum Gasteiger partial charge on any atom is 0.149 e. The van der Waals surface area contributed by atoms with Gasteiger partial charge >= 0.3 is 0 Å². The molecule has 0 saturated carbocycles. The van der Waals surface area contributed by atoms with Crippen molar-refractivity contribution in [1.29, 1.82) is 0 Å². The van der Waals surface area contributed by atoms with Gasteiger partial charge in [-0.3, -0.25) is 0 Å². The van der Waals surface area contributed by atoms with Gasteiger partial charge in [0.05, 0.1) is 10.0 Å². The molecular formula is C13H21Cl2N3O. The van der Waals surface area contributed by atoms with E-state index < -0.39 is 0 Å². The van der Waals surface area contributed by atoms with Crippen molar-refractivity contribution in [3.63, 3.8) is 0 Å². The van der Waals surface area contributed by atoms with Crippen molar-refractivity contribution in [2.75, 3.05) is 36.5 Å². The van der Waals surface area contributed by atoms with E-state index >= 15 is 0 Å². The van der Waals surface area contributed by atoms with Crippen molar-refractivity contribution in [2.24, 2.45) is 0 Å². The summed E-state index contributed by atoms with van der Waals surface area (Å²) >= 11 is 12.3. The SMILES string of the molecule is CCCNc1nc(N(CC)CCCO)c(Cl)cc1Cl. The summed E-state index contributed by atoms with van der Waals surface area (Å²) in [5.41, 5.74) is 0. The molecule has 0 aliphatic carbocycles. The fraction of sp³-hybridized carbons (Fsp3) is 0.615. The van der Waals surface area contributed by atoms with Gasteiger partial charge in [-0.2, -0.15) is 0 Å². The second kappa shape index (κ2) is 8.46. The van der Waals surface area contributed by atoms with Crippen molar-refractivity contribution < 1.29 is 5.11 Å². The Balaban J connectivity index is 2.97. The smallest absolute Gasteiger partial charge is 0.149 e. The Kier molecular flexibility index (Phi) is 7.28. The van der Waals surface area contributed by atoms with Crippen LogP contribution in [0.1, 0.15) is 26.7 Å². The average Bonchev–Trinajstić information content (AvgIpc) is 2.40. The Morgan fingerprint density at radius 2 is 2.05 bits per heavy atom. The molecule has 0 bridgehead atoms. The number of aromatic nitrogens is 1. The third-order valence-electron chi connectivity index (χ3n) is 2.72. The molecule has 1 aromatic rings. The summed E-state index contributed by atoms with van der Waals surface area (Å²) in [7, 11) is 0. The van der Waals surface area contributed by atoms with E-state index in [1.807, 2.05) is 11.8 Å². The van der Waals surface area contributed by atoms with Gasteiger partial charge in [-0.05, 0) is 25.8 Å². The van der Waals surface area contributed by atoms with E-state index in [-0.39, 0.29) is 6.61 Å². The Hall–Kier alpha value is -0.710. The topological polar surface area (TPSA) is 48.4 Å². The Morgan fingerprint density at radius 1 is 1.32 bits per heavy atom. The molecule has 0 aliphatic rings. The lowest BCUT2D eigenvalue weighted by molar-refractivity contribution is 0.289. The summed E-state index contributed by atoms with van der Waals surface area (Å²) in [4.78, 5) is 6.54. The van der Waals surface area contributed by atoms with Crippen LogP contribution >= 0.6 is 23.2 Å². The maximum absolute atomic E-state index is 8.93. The second-order valence-electron chi connectivity index (χ2n) is 4.21. The molecule has 108 valence electrons. The first-order valence-electron chi connectivity index (χ1n) is 6.59. The van der Waals surface area contributed by atoms with E-state index in [4.69, 9.17) is 28.3 Å². The zero-order valence-corrected chi connectivity index (χ0v) is 12.9. The Bertz CT molecular complexity index is 402. The van der Waals surface area contributed by atoms with Crippen molar-refractivity contribution in [2.45, 2.75) is 26.7 Å². The molecule has 0 unspecified atom stereocenters. The zero-order valence-electron chi connectivity index (χ0n) is 11.4. The van der Waals surface area contributed by atoms with Crippen LogP contribution in [-0.2, 0) is 0 Å². The van der Waals surface area contributed by atoms with E-state index in [1.54, 1.807) is 6.07 Å². The van der Waals surface area contributed by atoms with Crippen LogP contribution in [0, 0.1) is 0 Å². The second-order valence-corrected chi connectivity index (χ2v) is 5.02. The lowest BCUT2D eigenvalue weighted by Gasteiger charge is -2.23. The quantitative estimate of drug-likeness (QED) is 0.772. The fourth-order valence-electron chi connectivity index (χ4n) is 1.72. The average molecular weight is 306 g/mol. The highest BCUT2D eigenvalue weighted by molar-refractivity contribution is 6.37. The minimum Gasteiger partial charge on any atom is -0.396 e. The van der Waals surface area contributed by atoms with Crippen LogP contribution in [0.5, 0.6) is 0 Å². The molecule has 0 spiro atoms.